The van der Waals surface area contributed by atoms with E-state index in [0.29, 0.717) is 12.2 Å². The minimum absolute atomic E-state index is 0.374. The maximum absolute atomic E-state index is 11.1. The zero-order chi connectivity index (χ0) is 11.8. The van der Waals surface area contributed by atoms with Crippen LogP contribution in [0.5, 0.6) is 0 Å². The summed E-state index contributed by atoms with van der Waals surface area (Å²) in [6.07, 6.45) is 5.09. The molecule has 0 aromatic heterocycles. The van der Waals surface area contributed by atoms with Gasteiger partial charge in [0.2, 0.25) is 0 Å². The molecule has 0 radical (unpaired) electrons. The molecule has 0 unspecified atom stereocenters. The van der Waals surface area contributed by atoms with Crippen molar-refractivity contribution in [1.29, 1.82) is 0 Å². The Morgan fingerprint density at radius 3 is 2.75 bits per heavy atom. The Morgan fingerprint density at radius 1 is 1.38 bits per heavy atom. The number of nitrogens with zero attached hydrogens (tertiary/aromatic N) is 1. The Hall–Kier alpha value is -0.410. The highest BCUT2D eigenvalue weighted by Crippen LogP contribution is 2.28. The predicted molar refractivity (Wildman–Crippen MR) is 65.6 cm³/mol. The SMILES string of the molecule is CCC(=O)CCCN(C)CCOCC1CC1. The summed E-state index contributed by atoms with van der Waals surface area (Å²) in [5.41, 5.74) is 0. The van der Waals surface area contributed by atoms with E-state index in [4.69, 9.17) is 4.74 Å². The first-order valence-corrected chi connectivity index (χ1v) is 6.50. The number of likely N-dealkylation sites (N-methyl/N-ethyl adjacent to an activating group) is 1. The quantitative estimate of drug-likeness (QED) is 0.535. The van der Waals surface area contributed by atoms with Crippen molar-refractivity contribution >= 4 is 5.78 Å². The second kappa shape index (κ2) is 7.80. The second-order valence-electron chi connectivity index (χ2n) is 4.82. The Balaban J connectivity index is 1.85. The largest absolute Gasteiger partial charge is 0.380 e. The summed E-state index contributed by atoms with van der Waals surface area (Å²) in [6, 6.07) is 0. The average Bonchev–Trinajstić information content (AvgIpc) is 3.08. The molecule has 0 bridgehead atoms. The first-order chi connectivity index (χ1) is 7.72. The third-order valence-corrected chi connectivity index (χ3v) is 3.06. The van der Waals surface area contributed by atoms with Crippen LogP contribution < -0.4 is 0 Å². The molecule has 16 heavy (non-hydrogen) atoms. The molecule has 0 saturated heterocycles. The highest BCUT2D eigenvalue weighted by Gasteiger charge is 2.20. The van der Waals surface area contributed by atoms with Crippen LogP contribution in [0.3, 0.4) is 0 Å². The summed E-state index contributed by atoms with van der Waals surface area (Å²) < 4.78 is 5.57. The molecule has 0 heterocycles. The smallest absolute Gasteiger partial charge is 0.132 e. The maximum atomic E-state index is 11.1. The van der Waals surface area contributed by atoms with Crippen LogP contribution in [0, 0.1) is 5.92 Å². The molecule has 0 aromatic carbocycles. The number of hydrogen-bond acceptors (Lipinski definition) is 3. The molecule has 0 aliphatic heterocycles. The molecule has 0 spiro atoms. The lowest BCUT2D eigenvalue weighted by atomic mass is 10.2. The van der Waals surface area contributed by atoms with Crippen molar-refractivity contribution < 1.29 is 9.53 Å². The van der Waals surface area contributed by atoms with Gasteiger partial charge in [-0.15, -0.1) is 0 Å². The van der Waals surface area contributed by atoms with Crippen LogP contribution in [0.2, 0.25) is 0 Å². The Morgan fingerprint density at radius 2 is 2.12 bits per heavy atom. The third-order valence-electron chi connectivity index (χ3n) is 3.06. The molecule has 1 rings (SSSR count). The number of carbonyl (C=O) groups is 1. The van der Waals surface area contributed by atoms with E-state index < -0.39 is 0 Å². The van der Waals surface area contributed by atoms with Crippen molar-refractivity contribution in [3.63, 3.8) is 0 Å². The average molecular weight is 227 g/mol. The first-order valence-electron chi connectivity index (χ1n) is 6.50. The van der Waals surface area contributed by atoms with E-state index >= 15 is 0 Å². The summed E-state index contributed by atoms with van der Waals surface area (Å²) in [5.74, 6) is 1.23. The third kappa shape index (κ3) is 6.96. The summed E-state index contributed by atoms with van der Waals surface area (Å²) in [6.45, 7) is 5.68. The fourth-order valence-corrected chi connectivity index (χ4v) is 1.59. The van der Waals surface area contributed by atoms with Gasteiger partial charge in [0.25, 0.3) is 0 Å². The van der Waals surface area contributed by atoms with E-state index in [1.54, 1.807) is 0 Å². The van der Waals surface area contributed by atoms with E-state index in [9.17, 15) is 4.79 Å². The van der Waals surface area contributed by atoms with Gasteiger partial charge in [-0.25, -0.2) is 0 Å². The van der Waals surface area contributed by atoms with Gasteiger partial charge in [-0.1, -0.05) is 6.92 Å². The number of rotatable bonds is 10. The normalized spacial score (nSPS) is 15.7. The molecule has 3 nitrogen and oxygen atoms in total. The van der Waals surface area contributed by atoms with Crippen molar-refractivity contribution in [1.82, 2.24) is 4.90 Å². The lowest BCUT2D eigenvalue weighted by molar-refractivity contribution is -0.118. The van der Waals surface area contributed by atoms with Gasteiger partial charge in [-0.05, 0) is 38.8 Å². The fourth-order valence-electron chi connectivity index (χ4n) is 1.59. The van der Waals surface area contributed by atoms with Gasteiger partial charge < -0.3 is 9.64 Å². The van der Waals surface area contributed by atoms with Gasteiger partial charge >= 0.3 is 0 Å². The zero-order valence-electron chi connectivity index (χ0n) is 10.7. The number of Topliss-reactive ketones (excluding diaryl/α,β-unsaturated/α-hetero) is 1. The van der Waals surface area contributed by atoms with Crippen LogP contribution in [-0.4, -0.2) is 44.0 Å². The van der Waals surface area contributed by atoms with Crippen molar-refractivity contribution in [2.45, 2.75) is 39.0 Å². The van der Waals surface area contributed by atoms with Gasteiger partial charge in [0.15, 0.2) is 0 Å². The summed E-state index contributed by atoms with van der Waals surface area (Å²) >= 11 is 0. The second-order valence-corrected chi connectivity index (χ2v) is 4.82. The van der Waals surface area contributed by atoms with E-state index in [2.05, 4.69) is 11.9 Å². The molecular formula is C13H25NO2. The fraction of sp³-hybridized carbons (Fsp3) is 0.923. The molecule has 0 aromatic rings. The van der Waals surface area contributed by atoms with Gasteiger partial charge in [0.1, 0.15) is 5.78 Å². The van der Waals surface area contributed by atoms with Crippen LogP contribution in [0.25, 0.3) is 0 Å². The minimum atomic E-state index is 0.374. The summed E-state index contributed by atoms with van der Waals surface area (Å²) in [7, 11) is 2.09. The standard InChI is InChI=1S/C13H25NO2/c1-3-13(15)5-4-8-14(2)9-10-16-11-12-6-7-12/h12H,3-11H2,1-2H3. The van der Waals surface area contributed by atoms with E-state index in [0.717, 1.165) is 45.1 Å². The molecule has 0 N–H and O–H groups in total. The molecule has 0 atom stereocenters. The number of ether oxygens (including phenoxy) is 1. The highest BCUT2D eigenvalue weighted by molar-refractivity contribution is 5.77. The van der Waals surface area contributed by atoms with Crippen LogP contribution in [0.15, 0.2) is 0 Å². The molecule has 1 saturated carbocycles. The monoisotopic (exact) mass is 227 g/mol. The number of ketones is 1. The predicted octanol–water partition coefficient (Wildman–Crippen LogP) is 2.10. The van der Waals surface area contributed by atoms with Crippen LogP contribution in [0.1, 0.15) is 39.0 Å². The van der Waals surface area contributed by atoms with Crippen molar-refractivity contribution in [2.75, 3.05) is 33.4 Å². The zero-order valence-corrected chi connectivity index (χ0v) is 10.7. The lowest BCUT2D eigenvalue weighted by Gasteiger charge is -2.16. The molecule has 1 aliphatic carbocycles. The first kappa shape index (κ1) is 13.7. The number of hydrogen-bond donors (Lipinski definition) is 0. The summed E-state index contributed by atoms with van der Waals surface area (Å²) in [4.78, 5) is 13.3. The molecule has 0 amide bonds. The Labute approximate surface area is 99.1 Å². The van der Waals surface area contributed by atoms with Gasteiger partial charge in [-0.3, -0.25) is 4.79 Å². The topological polar surface area (TPSA) is 29.5 Å². The lowest BCUT2D eigenvalue weighted by Crippen LogP contribution is -2.25. The molecule has 1 aliphatic rings. The van der Waals surface area contributed by atoms with Crippen LogP contribution >= 0.6 is 0 Å². The molecule has 94 valence electrons. The van der Waals surface area contributed by atoms with Gasteiger partial charge in [-0.2, -0.15) is 0 Å². The van der Waals surface area contributed by atoms with Crippen LogP contribution in [-0.2, 0) is 9.53 Å². The van der Waals surface area contributed by atoms with Gasteiger partial charge in [0.05, 0.1) is 6.61 Å². The molecule has 3 heteroatoms. The molecule has 1 fully saturated rings. The van der Waals surface area contributed by atoms with E-state index in [1.165, 1.54) is 12.8 Å². The summed E-state index contributed by atoms with van der Waals surface area (Å²) in [5, 5.41) is 0. The van der Waals surface area contributed by atoms with Crippen molar-refractivity contribution in [2.24, 2.45) is 5.92 Å². The van der Waals surface area contributed by atoms with E-state index in [-0.39, 0.29) is 0 Å². The molecular weight excluding hydrogens is 202 g/mol. The maximum Gasteiger partial charge on any atom is 0.132 e. The van der Waals surface area contributed by atoms with Crippen LogP contribution in [0.4, 0.5) is 0 Å². The minimum Gasteiger partial charge on any atom is -0.380 e. The van der Waals surface area contributed by atoms with E-state index in [1.807, 2.05) is 6.92 Å². The van der Waals surface area contributed by atoms with Crippen molar-refractivity contribution in [3.05, 3.63) is 0 Å². The van der Waals surface area contributed by atoms with Crippen molar-refractivity contribution in [3.8, 4) is 0 Å². The number of carbonyl (C=O) groups excluding carboxylic acids is 1. The highest BCUT2D eigenvalue weighted by atomic mass is 16.5. The Bertz CT molecular complexity index is 202. The Kier molecular flexibility index (Phi) is 6.65. The van der Waals surface area contributed by atoms with Gasteiger partial charge in [0, 0.05) is 26.0 Å².